The molecule has 1 aromatic heterocycles. The minimum Gasteiger partial charge on any atom is -0.315 e. The number of imide groups is 1. The maximum atomic E-state index is 12.4. The molecule has 0 radical (unpaired) electrons. The monoisotopic (exact) mass is 371 g/mol. The lowest BCUT2D eigenvalue weighted by atomic mass is 9.81. The molecular formula is C15H20BrN2O2S+. The van der Waals surface area contributed by atoms with Gasteiger partial charge in [-0.15, -0.1) is 11.3 Å². The van der Waals surface area contributed by atoms with Gasteiger partial charge in [-0.25, -0.2) is 4.90 Å². The Kier molecular flexibility index (Phi) is 4.47. The SMILES string of the molecule is C[NH+](Cc1ccc(Br)s1)CN1C(=O)[C@H]2CCCC[C@@H]2C1=O. The Morgan fingerprint density at radius 3 is 2.38 bits per heavy atom. The van der Waals surface area contributed by atoms with E-state index in [0.717, 1.165) is 36.0 Å². The minimum absolute atomic E-state index is 0.0325. The summed E-state index contributed by atoms with van der Waals surface area (Å²) in [5, 5.41) is 0. The molecular weight excluding hydrogens is 352 g/mol. The number of hydrogen-bond acceptors (Lipinski definition) is 3. The largest absolute Gasteiger partial charge is 0.315 e. The highest BCUT2D eigenvalue weighted by Crippen LogP contribution is 2.37. The number of carbonyl (C=O) groups is 2. The molecule has 2 amide bonds. The Bertz CT molecular complexity index is 536. The van der Waals surface area contributed by atoms with Crippen molar-refractivity contribution in [1.82, 2.24) is 4.90 Å². The maximum Gasteiger partial charge on any atom is 0.237 e. The van der Waals surface area contributed by atoms with Gasteiger partial charge in [-0.1, -0.05) is 12.8 Å². The standard InChI is InChI=1S/C15H19BrN2O2S/c1-17(8-10-6-7-13(16)21-10)9-18-14(19)11-4-2-3-5-12(11)15(18)20/h6-7,11-12H,2-5,8-9H2,1H3/p+1/t11-,12-/m0/s1. The third kappa shape index (κ3) is 3.07. The number of carbonyl (C=O) groups excluding carboxylic acids is 2. The van der Waals surface area contributed by atoms with Gasteiger partial charge in [0, 0.05) is 0 Å². The summed E-state index contributed by atoms with van der Waals surface area (Å²) >= 11 is 5.16. The van der Waals surface area contributed by atoms with Crippen LogP contribution in [0.4, 0.5) is 0 Å². The number of quaternary nitrogens is 1. The van der Waals surface area contributed by atoms with Crippen LogP contribution < -0.4 is 4.90 Å². The number of amides is 2. The Morgan fingerprint density at radius 1 is 1.24 bits per heavy atom. The van der Waals surface area contributed by atoms with Crippen LogP contribution in [0.2, 0.25) is 0 Å². The number of fused-ring (bicyclic) bond motifs is 1. The zero-order chi connectivity index (χ0) is 15.0. The highest BCUT2D eigenvalue weighted by Gasteiger charge is 2.48. The summed E-state index contributed by atoms with van der Waals surface area (Å²) in [5.74, 6) is 0.0673. The molecule has 0 aromatic carbocycles. The minimum atomic E-state index is -0.0325. The molecule has 6 heteroatoms. The summed E-state index contributed by atoms with van der Waals surface area (Å²) in [6.45, 7) is 1.32. The van der Waals surface area contributed by atoms with Gasteiger partial charge in [0.25, 0.3) is 0 Å². The van der Waals surface area contributed by atoms with E-state index in [4.69, 9.17) is 0 Å². The molecule has 0 bridgehead atoms. The van der Waals surface area contributed by atoms with Crippen LogP contribution in [0, 0.1) is 11.8 Å². The molecule has 21 heavy (non-hydrogen) atoms. The number of nitrogens with zero attached hydrogens (tertiary/aromatic N) is 1. The quantitative estimate of drug-likeness (QED) is 0.817. The van der Waals surface area contributed by atoms with Crippen LogP contribution in [-0.2, 0) is 16.1 Å². The third-order valence-corrected chi connectivity index (χ3v) is 6.09. The molecule has 2 aliphatic rings. The molecule has 2 heterocycles. The van der Waals surface area contributed by atoms with Crippen LogP contribution in [0.3, 0.4) is 0 Å². The van der Waals surface area contributed by atoms with E-state index in [1.165, 1.54) is 14.7 Å². The van der Waals surface area contributed by atoms with Gasteiger partial charge in [0.05, 0.1) is 27.5 Å². The fourth-order valence-electron chi connectivity index (χ4n) is 3.46. The van der Waals surface area contributed by atoms with E-state index in [0.29, 0.717) is 6.67 Å². The van der Waals surface area contributed by atoms with E-state index in [1.807, 2.05) is 13.1 Å². The average Bonchev–Trinajstić information content (AvgIpc) is 2.97. The van der Waals surface area contributed by atoms with E-state index in [-0.39, 0.29) is 23.7 Å². The first-order valence-corrected chi connectivity index (χ1v) is 9.08. The molecule has 1 unspecified atom stereocenters. The molecule has 1 aliphatic carbocycles. The first-order chi connectivity index (χ1) is 10.1. The van der Waals surface area contributed by atoms with Gasteiger partial charge in [0.1, 0.15) is 6.54 Å². The van der Waals surface area contributed by atoms with Crippen molar-refractivity contribution in [3.63, 3.8) is 0 Å². The molecule has 0 spiro atoms. The second-order valence-electron chi connectivity index (χ2n) is 6.10. The molecule has 1 N–H and O–H groups in total. The highest BCUT2D eigenvalue weighted by molar-refractivity contribution is 9.11. The average molecular weight is 372 g/mol. The molecule has 4 nitrogen and oxygen atoms in total. The molecule has 1 saturated heterocycles. The first-order valence-electron chi connectivity index (χ1n) is 7.47. The smallest absolute Gasteiger partial charge is 0.237 e. The number of hydrogen-bond donors (Lipinski definition) is 1. The van der Waals surface area contributed by atoms with Crippen LogP contribution in [0.25, 0.3) is 0 Å². The van der Waals surface area contributed by atoms with E-state index >= 15 is 0 Å². The van der Waals surface area contributed by atoms with E-state index < -0.39 is 0 Å². The number of thiophene rings is 1. The van der Waals surface area contributed by atoms with E-state index in [9.17, 15) is 9.59 Å². The van der Waals surface area contributed by atoms with Crippen LogP contribution in [0.1, 0.15) is 30.6 Å². The normalized spacial score (nSPS) is 27.0. The Hall–Kier alpha value is -0.720. The molecule has 2 fully saturated rings. The number of rotatable bonds is 4. The van der Waals surface area contributed by atoms with Crippen molar-refractivity contribution < 1.29 is 14.5 Å². The van der Waals surface area contributed by atoms with E-state index in [2.05, 4.69) is 22.0 Å². The molecule has 114 valence electrons. The summed E-state index contributed by atoms with van der Waals surface area (Å²) in [4.78, 5) is 28.8. The summed E-state index contributed by atoms with van der Waals surface area (Å²) < 4.78 is 1.12. The lowest BCUT2D eigenvalue weighted by Crippen LogP contribution is -3.09. The maximum absolute atomic E-state index is 12.4. The second-order valence-corrected chi connectivity index (χ2v) is 8.65. The molecule has 1 saturated carbocycles. The molecule has 1 aromatic rings. The topological polar surface area (TPSA) is 41.8 Å². The molecule has 1 aliphatic heterocycles. The highest BCUT2D eigenvalue weighted by atomic mass is 79.9. The summed E-state index contributed by atoms with van der Waals surface area (Å²) in [6, 6.07) is 4.12. The fraction of sp³-hybridized carbons (Fsp3) is 0.600. The van der Waals surface area contributed by atoms with Gasteiger partial charge < -0.3 is 4.90 Å². The summed E-state index contributed by atoms with van der Waals surface area (Å²) in [6.07, 6.45) is 3.95. The number of nitrogens with one attached hydrogen (secondary N) is 1. The van der Waals surface area contributed by atoms with Crippen LogP contribution in [0.15, 0.2) is 15.9 Å². The zero-order valence-electron chi connectivity index (χ0n) is 12.1. The van der Waals surface area contributed by atoms with Crippen molar-refractivity contribution in [2.24, 2.45) is 11.8 Å². The van der Waals surface area contributed by atoms with Gasteiger partial charge >= 0.3 is 0 Å². The third-order valence-electron chi connectivity index (χ3n) is 4.47. The Morgan fingerprint density at radius 2 is 1.86 bits per heavy atom. The first kappa shape index (κ1) is 15.2. The van der Waals surface area contributed by atoms with Crippen molar-refractivity contribution in [1.29, 1.82) is 0 Å². The number of halogens is 1. The Balaban J connectivity index is 1.64. The van der Waals surface area contributed by atoms with Crippen molar-refractivity contribution in [2.45, 2.75) is 32.2 Å². The van der Waals surface area contributed by atoms with Gasteiger partial charge in [-0.2, -0.15) is 0 Å². The van der Waals surface area contributed by atoms with Crippen LogP contribution in [0.5, 0.6) is 0 Å². The summed E-state index contributed by atoms with van der Waals surface area (Å²) in [7, 11) is 2.04. The van der Waals surface area contributed by atoms with Crippen LogP contribution in [-0.4, -0.2) is 30.4 Å². The zero-order valence-corrected chi connectivity index (χ0v) is 14.5. The van der Waals surface area contributed by atoms with Crippen molar-refractivity contribution in [3.8, 4) is 0 Å². The van der Waals surface area contributed by atoms with Gasteiger partial charge in [-0.3, -0.25) is 9.59 Å². The lowest BCUT2D eigenvalue weighted by molar-refractivity contribution is -0.900. The predicted octanol–water partition coefficient (Wildman–Crippen LogP) is 1.66. The molecule has 3 atom stereocenters. The number of likely N-dealkylation sites (tertiary alicyclic amines) is 1. The van der Waals surface area contributed by atoms with Gasteiger partial charge in [0.2, 0.25) is 11.8 Å². The van der Waals surface area contributed by atoms with Gasteiger partial charge in [0.15, 0.2) is 6.67 Å². The van der Waals surface area contributed by atoms with Crippen LogP contribution >= 0.6 is 27.3 Å². The predicted molar refractivity (Wildman–Crippen MR) is 84.8 cm³/mol. The van der Waals surface area contributed by atoms with Crippen molar-refractivity contribution in [3.05, 3.63) is 20.8 Å². The molecule has 3 rings (SSSR count). The van der Waals surface area contributed by atoms with Crippen molar-refractivity contribution >= 4 is 39.1 Å². The summed E-state index contributed by atoms with van der Waals surface area (Å²) in [5.41, 5.74) is 0. The van der Waals surface area contributed by atoms with E-state index in [1.54, 1.807) is 11.3 Å². The van der Waals surface area contributed by atoms with Gasteiger partial charge in [-0.05, 0) is 40.9 Å². The Labute approximate surface area is 137 Å². The van der Waals surface area contributed by atoms with Crippen molar-refractivity contribution in [2.75, 3.05) is 13.7 Å². The fourth-order valence-corrected chi connectivity index (χ4v) is 5.05. The lowest BCUT2D eigenvalue weighted by Gasteiger charge is -2.20. The second kappa shape index (κ2) is 6.18.